The van der Waals surface area contributed by atoms with Crippen molar-refractivity contribution in [3.05, 3.63) is 0 Å². The number of likely N-dealkylation sites (N-methyl/N-ethyl adjacent to an activating group) is 1. The van der Waals surface area contributed by atoms with Gasteiger partial charge in [-0.15, -0.1) is 0 Å². The molecule has 3 aliphatic rings. The van der Waals surface area contributed by atoms with E-state index in [9.17, 15) is 0 Å². The minimum absolute atomic E-state index is 0.445. The maximum atomic E-state index is 6.16. The Bertz CT molecular complexity index is 298. The van der Waals surface area contributed by atoms with Crippen molar-refractivity contribution in [1.82, 2.24) is 9.80 Å². The zero-order valence-electron chi connectivity index (χ0n) is 12.6. The van der Waals surface area contributed by atoms with E-state index in [1.165, 1.54) is 71.0 Å². The van der Waals surface area contributed by atoms with Gasteiger partial charge in [-0.3, -0.25) is 4.90 Å². The summed E-state index contributed by atoms with van der Waals surface area (Å²) in [4.78, 5) is 5.40. The van der Waals surface area contributed by atoms with Crippen LogP contribution in [0.15, 0.2) is 0 Å². The zero-order chi connectivity index (χ0) is 13.3. The van der Waals surface area contributed by atoms with Crippen LogP contribution >= 0.6 is 0 Å². The molecule has 1 saturated carbocycles. The number of hydrogen-bond donors (Lipinski definition) is 1. The van der Waals surface area contributed by atoms with Crippen LogP contribution in [0.4, 0.5) is 0 Å². The first-order valence-electron chi connectivity index (χ1n) is 8.37. The van der Waals surface area contributed by atoms with Gasteiger partial charge >= 0.3 is 0 Å². The Morgan fingerprint density at radius 3 is 2.53 bits per heavy atom. The number of rotatable bonds is 3. The third-order valence-corrected chi connectivity index (χ3v) is 6.14. The molecule has 3 fully saturated rings. The normalized spacial score (nSPS) is 36.3. The van der Waals surface area contributed by atoms with Gasteiger partial charge in [-0.05, 0) is 57.7 Å². The summed E-state index contributed by atoms with van der Waals surface area (Å²) in [6, 6.07) is 1.67. The fourth-order valence-corrected chi connectivity index (χ4v) is 4.73. The third-order valence-electron chi connectivity index (χ3n) is 6.14. The molecule has 2 N–H and O–H groups in total. The summed E-state index contributed by atoms with van der Waals surface area (Å²) in [5.41, 5.74) is 6.61. The first-order valence-corrected chi connectivity index (χ1v) is 8.37. The highest BCUT2D eigenvalue weighted by molar-refractivity contribution is 4.94. The molecular weight excluding hydrogens is 234 g/mol. The Labute approximate surface area is 118 Å². The molecule has 0 amide bonds. The van der Waals surface area contributed by atoms with Crippen molar-refractivity contribution in [2.45, 2.75) is 63.5 Å². The Balaban J connectivity index is 1.62. The summed E-state index contributed by atoms with van der Waals surface area (Å²) in [7, 11) is 2.34. The van der Waals surface area contributed by atoms with Crippen LogP contribution in [0.1, 0.15) is 51.4 Å². The molecular formula is C16H31N3. The molecule has 110 valence electrons. The minimum atomic E-state index is 0.445. The summed E-state index contributed by atoms with van der Waals surface area (Å²) < 4.78 is 0. The van der Waals surface area contributed by atoms with E-state index in [4.69, 9.17) is 5.73 Å². The first kappa shape index (κ1) is 13.8. The van der Waals surface area contributed by atoms with E-state index >= 15 is 0 Å². The Kier molecular flexibility index (Phi) is 4.16. The molecule has 0 radical (unpaired) electrons. The van der Waals surface area contributed by atoms with Crippen molar-refractivity contribution in [1.29, 1.82) is 0 Å². The van der Waals surface area contributed by atoms with Crippen LogP contribution in [0, 0.1) is 5.41 Å². The lowest BCUT2D eigenvalue weighted by molar-refractivity contribution is 0.104. The topological polar surface area (TPSA) is 32.5 Å². The number of likely N-dealkylation sites (tertiary alicyclic amines) is 1. The van der Waals surface area contributed by atoms with Crippen molar-refractivity contribution in [3.63, 3.8) is 0 Å². The Hall–Kier alpha value is -0.120. The average molecular weight is 265 g/mol. The van der Waals surface area contributed by atoms with E-state index in [2.05, 4.69) is 16.8 Å². The minimum Gasteiger partial charge on any atom is -0.330 e. The summed E-state index contributed by atoms with van der Waals surface area (Å²) >= 11 is 0. The van der Waals surface area contributed by atoms with Crippen LogP contribution < -0.4 is 5.73 Å². The van der Waals surface area contributed by atoms with Crippen molar-refractivity contribution in [2.24, 2.45) is 11.1 Å². The molecule has 0 aromatic heterocycles. The van der Waals surface area contributed by atoms with Crippen LogP contribution in [0.2, 0.25) is 0 Å². The van der Waals surface area contributed by atoms with E-state index in [-0.39, 0.29) is 0 Å². The quantitative estimate of drug-likeness (QED) is 0.848. The molecule has 0 aromatic carbocycles. The van der Waals surface area contributed by atoms with E-state index < -0.39 is 0 Å². The predicted molar refractivity (Wildman–Crippen MR) is 80.2 cm³/mol. The molecule has 3 nitrogen and oxygen atoms in total. The molecule has 2 bridgehead atoms. The molecule has 3 rings (SSSR count). The number of hydrogen-bond acceptors (Lipinski definition) is 3. The number of nitrogens with two attached hydrogens (primary N) is 1. The lowest BCUT2D eigenvalue weighted by Gasteiger charge is -2.41. The maximum absolute atomic E-state index is 6.16. The average Bonchev–Trinajstić information content (AvgIpc) is 2.68. The van der Waals surface area contributed by atoms with Crippen LogP contribution in [-0.2, 0) is 0 Å². The first-order chi connectivity index (χ1) is 9.22. The highest BCUT2D eigenvalue weighted by atomic mass is 15.3. The molecule has 2 atom stereocenters. The van der Waals surface area contributed by atoms with E-state index in [0.717, 1.165) is 18.6 Å². The molecule has 2 aliphatic heterocycles. The zero-order valence-corrected chi connectivity index (χ0v) is 12.6. The summed E-state index contributed by atoms with van der Waals surface area (Å²) in [5.74, 6) is 0. The monoisotopic (exact) mass is 265 g/mol. The fraction of sp³-hybridized carbons (Fsp3) is 1.00. The summed E-state index contributed by atoms with van der Waals surface area (Å²) in [5, 5.41) is 0. The van der Waals surface area contributed by atoms with Crippen LogP contribution in [0.25, 0.3) is 0 Å². The molecule has 19 heavy (non-hydrogen) atoms. The van der Waals surface area contributed by atoms with Crippen molar-refractivity contribution < 1.29 is 0 Å². The van der Waals surface area contributed by atoms with Crippen LogP contribution in [-0.4, -0.2) is 55.1 Å². The van der Waals surface area contributed by atoms with Crippen molar-refractivity contribution in [3.8, 4) is 0 Å². The van der Waals surface area contributed by atoms with Crippen molar-refractivity contribution in [2.75, 3.05) is 33.2 Å². The molecule has 2 heterocycles. The van der Waals surface area contributed by atoms with Gasteiger partial charge in [0.05, 0.1) is 0 Å². The van der Waals surface area contributed by atoms with Gasteiger partial charge in [0.2, 0.25) is 0 Å². The van der Waals surface area contributed by atoms with Gasteiger partial charge in [-0.25, -0.2) is 0 Å². The summed E-state index contributed by atoms with van der Waals surface area (Å²) in [6.07, 6.45) is 11.2. The summed E-state index contributed by atoms with van der Waals surface area (Å²) in [6.45, 7) is 4.75. The Morgan fingerprint density at radius 2 is 1.79 bits per heavy atom. The highest BCUT2D eigenvalue weighted by Gasteiger charge is 2.38. The number of nitrogens with zero attached hydrogens (tertiary/aromatic N) is 2. The lowest BCUT2D eigenvalue weighted by atomic mass is 9.73. The van der Waals surface area contributed by atoms with Gasteiger partial charge in [-0.1, -0.05) is 19.3 Å². The van der Waals surface area contributed by atoms with E-state index in [1.807, 2.05) is 0 Å². The molecule has 0 spiro atoms. The molecule has 2 unspecified atom stereocenters. The van der Waals surface area contributed by atoms with Gasteiger partial charge in [-0.2, -0.15) is 0 Å². The smallest absolute Gasteiger partial charge is 0.0223 e. The highest BCUT2D eigenvalue weighted by Crippen LogP contribution is 2.37. The molecule has 2 saturated heterocycles. The largest absolute Gasteiger partial charge is 0.330 e. The standard InChI is InChI=1S/C16H31N3/c1-18-14-5-6-15(18)11-19(10-7-14)13-16(12-17)8-3-2-4-9-16/h14-15H,2-13,17H2,1H3. The second-order valence-corrected chi connectivity index (χ2v) is 7.34. The van der Waals surface area contributed by atoms with Gasteiger partial charge in [0.25, 0.3) is 0 Å². The third kappa shape index (κ3) is 2.84. The second kappa shape index (κ2) is 5.71. The van der Waals surface area contributed by atoms with E-state index in [1.54, 1.807) is 0 Å². The maximum Gasteiger partial charge on any atom is 0.0223 e. The van der Waals surface area contributed by atoms with Gasteiger partial charge in [0.15, 0.2) is 0 Å². The fourth-order valence-electron chi connectivity index (χ4n) is 4.73. The van der Waals surface area contributed by atoms with Gasteiger partial charge in [0.1, 0.15) is 0 Å². The molecule has 1 aliphatic carbocycles. The van der Waals surface area contributed by atoms with E-state index in [0.29, 0.717) is 5.41 Å². The number of fused-ring (bicyclic) bond motifs is 2. The van der Waals surface area contributed by atoms with Crippen LogP contribution in [0.5, 0.6) is 0 Å². The predicted octanol–water partition coefficient (Wildman–Crippen LogP) is 2.06. The van der Waals surface area contributed by atoms with Crippen LogP contribution in [0.3, 0.4) is 0 Å². The van der Waals surface area contributed by atoms with Gasteiger partial charge in [0, 0.05) is 25.2 Å². The molecule has 3 heteroatoms. The SMILES string of the molecule is CN1C2CCC1CN(CC1(CN)CCCCC1)CC2. The van der Waals surface area contributed by atoms with Gasteiger partial charge < -0.3 is 10.6 Å². The lowest BCUT2D eigenvalue weighted by Crippen LogP contribution is -2.46. The van der Waals surface area contributed by atoms with Crippen molar-refractivity contribution >= 4 is 0 Å². The molecule has 0 aromatic rings. The Morgan fingerprint density at radius 1 is 1.05 bits per heavy atom. The second-order valence-electron chi connectivity index (χ2n) is 7.34.